The van der Waals surface area contributed by atoms with Gasteiger partial charge in [-0.2, -0.15) is 0 Å². The van der Waals surface area contributed by atoms with Gasteiger partial charge in [-0.1, -0.05) is 67.2 Å². The maximum atomic E-state index is 2.76. The van der Waals surface area contributed by atoms with Gasteiger partial charge in [0, 0.05) is 0 Å². The lowest BCUT2D eigenvalue weighted by Crippen LogP contribution is -2.53. The molecule has 0 N–H and O–H groups in total. The molecule has 0 bridgehead atoms. The lowest BCUT2D eigenvalue weighted by molar-refractivity contribution is -0.114. The van der Waals surface area contributed by atoms with E-state index < -0.39 is 0 Å². The third-order valence-corrected chi connectivity index (χ3v) is 11.8. The van der Waals surface area contributed by atoms with E-state index in [1.165, 1.54) is 32.1 Å². The molecule has 29 heavy (non-hydrogen) atoms. The van der Waals surface area contributed by atoms with Gasteiger partial charge in [-0.25, -0.2) is 0 Å². The molecule has 0 heteroatoms. The molecule has 4 aliphatic rings. The predicted molar refractivity (Wildman–Crippen MR) is 127 cm³/mol. The van der Waals surface area contributed by atoms with Gasteiger partial charge in [-0.15, -0.1) is 0 Å². The van der Waals surface area contributed by atoms with Crippen molar-refractivity contribution >= 4 is 0 Å². The van der Waals surface area contributed by atoms with Gasteiger partial charge >= 0.3 is 0 Å². The van der Waals surface area contributed by atoms with Gasteiger partial charge < -0.3 is 0 Å². The summed E-state index contributed by atoms with van der Waals surface area (Å²) in [6, 6.07) is 0. The van der Waals surface area contributed by atoms with E-state index in [0.717, 1.165) is 47.3 Å². The van der Waals surface area contributed by atoms with Crippen LogP contribution in [0.1, 0.15) is 125 Å². The summed E-state index contributed by atoms with van der Waals surface area (Å²) in [5, 5.41) is 0. The molecule has 4 aliphatic carbocycles. The van der Waals surface area contributed by atoms with Crippen molar-refractivity contribution in [2.75, 3.05) is 0 Å². The van der Waals surface area contributed by atoms with E-state index in [9.17, 15) is 0 Å². The molecule has 0 heterocycles. The number of rotatable bonds is 6. The number of fused-ring (bicyclic) bond motifs is 5. The van der Waals surface area contributed by atoms with Crippen LogP contribution in [0.4, 0.5) is 0 Å². The summed E-state index contributed by atoms with van der Waals surface area (Å²) in [5.74, 6) is 8.02. The van der Waals surface area contributed by atoms with Crippen LogP contribution >= 0.6 is 0 Å². The van der Waals surface area contributed by atoms with Crippen molar-refractivity contribution in [1.82, 2.24) is 0 Å². The molecule has 9 atom stereocenters. The van der Waals surface area contributed by atoms with Crippen LogP contribution in [0, 0.1) is 58.2 Å². The highest BCUT2D eigenvalue weighted by molar-refractivity contribution is 5.09. The van der Waals surface area contributed by atoms with E-state index in [1.807, 2.05) is 0 Å². The maximum absolute atomic E-state index is 2.76. The second-order valence-corrected chi connectivity index (χ2v) is 13.1. The van der Waals surface area contributed by atoms with Crippen molar-refractivity contribution in [2.45, 2.75) is 125 Å². The average molecular weight is 401 g/mol. The van der Waals surface area contributed by atoms with Crippen LogP contribution in [0.2, 0.25) is 0 Å². The van der Waals surface area contributed by atoms with E-state index in [1.54, 1.807) is 51.4 Å². The Morgan fingerprint density at radius 2 is 1.52 bits per heavy atom. The van der Waals surface area contributed by atoms with Crippen LogP contribution in [-0.4, -0.2) is 0 Å². The van der Waals surface area contributed by atoms with Gasteiger partial charge in [0.05, 0.1) is 0 Å². The first kappa shape index (κ1) is 22.2. The minimum absolute atomic E-state index is 0.665. The summed E-state index contributed by atoms with van der Waals surface area (Å²) in [7, 11) is 0. The third-order valence-electron chi connectivity index (χ3n) is 11.8. The molecule has 0 radical (unpaired) electrons. The Labute approximate surface area is 183 Å². The summed E-state index contributed by atoms with van der Waals surface area (Å²) < 4.78 is 0. The number of hydrogen-bond donors (Lipinski definition) is 0. The highest BCUT2D eigenvalue weighted by Gasteiger charge is 2.60. The SMILES string of the molecule is CCC(CC[C@@H](C)[C@H]1CC[C@H]2[C@@H]3CCC4CCCC[C@]4(C)[C@H]3CC[C@]12C)C(C)C. The largest absolute Gasteiger partial charge is 0.0651 e. The normalized spacial score (nSPS) is 46.7. The Hall–Kier alpha value is 0. The Morgan fingerprint density at radius 3 is 2.24 bits per heavy atom. The predicted octanol–water partition coefficient (Wildman–Crippen LogP) is 9.13. The summed E-state index contributed by atoms with van der Waals surface area (Å²) in [5.41, 5.74) is 1.37. The maximum Gasteiger partial charge on any atom is -0.0264 e. The van der Waals surface area contributed by atoms with Crippen LogP contribution in [0.25, 0.3) is 0 Å². The molecule has 0 saturated heterocycles. The van der Waals surface area contributed by atoms with E-state index in [2.05, 4.69) is 41.5 Å². The molecule has 4 saturated carbocycles. The molecule has 0 aromatic carbocycles. The van der Waals surface area contributed by atoms with Gasteiger partial charge in [0.25, 0.3) is 0 Å². The van der Waals surface area contributed by atoms with Crippen LogP contribution in [0.3, 0.4) is 0 Å². The first-order valence-corrected chi connectivity index (χ1v) is 13.8. The fourth-order valence-corrected chi connectivity index (χ4v) is 9.96. The zero-order valence-electron chi connectivity index (χ0n) is 20.8. The van der Waals surface area contributed by atoms with Crippen molar-refractivity contribution in [1.29, 1.82) is 0 Å². The summed E-state index contributed by atoms with van der Waals surface area (Å²) in [4.78, 5) is 0. The Bertz CT molecular complexity index is 548. The van der Waals surface area contributed by atoms with Crippen LogP contribution < -0.4 is 0 Å². The highest BCUT2D eigenvalue weighted by atomic mass is 14.6. The molecule has 0 spiro atoms. The lowest BCUT2D eigenvalue weighted by atomic mass is 9.44. The highest BCUT2D eigenvalue weighted by Crippen LogP contribution is 2.68. The zero-order chi connectivity index (χ0) is 20.8. The first-order chi connectivity index (χ1) is 13.8. The second kappa shape index (κ2) is 8.50. The Balaban J connectivity index is 1.45. The minimum Gasteiger partial charge on any atom is -0.0651 e. The van der Waals surface area contributed by atoms with E-state index in [4.69, 9.17) is 0 Å². The van der Waals surface area contributed by atoms with E-state index in [0.29, 0.717) is 10.8 Å². The van der Waals surface area contributed by atoms with Crippen LogP contribution in [-0.2, 0) is 0 Å². The quantitative estimate of drug-likeness (QED) is 0.417. The fraction of sp³-hybridized carbons (Fsp3) is 1.00. The summed E-state index contributed by atoms with van der Waals surface area (Å²) in [6.45, 7) is 15.4. The Kier molecular flexibility index (Phi) is 6.51. The van der Waals surface area contributed by atoms with Crippen molar-refractivity contribution in [3.05, 3.63) is 0 Å². The Morgan fingerprint density at radius 1 is 0.759 bits per heavy atom. The standard InChI is InChI=1S/C29H52/c1-7-22(20(2)3)12-11-21(4)25-15-16-26-24-14-13-23-10-8-9-18-28(23,5)27(24)17-19-29(25,26)6/h20-27H,7-19H2,1-6H3/t21-,22?,23?,24+,25-,26+,27+,28+,29-/m1/s1. The van der Waals surface area contributed by atoms with Gasteiger partial charge in [-0.3, -0.25) is 0 Å². The van der Waals surface area contributed by atoms with Crippen molar-refractivity contribution in [3.63, 3.8) is 0 Å². The molecule has 4 rings (SSSR count). The van der Waals surface area contributed by atoms with Crippen LogP contribution in [0.5, 0.6) is 0 Å². The average Bonchev–Trinajstić information content (AvgIpc) is 3.05. The van der Waals surface area contributed by atoms with Gasteiger partial charge in [0.15, 0.2) is 0 Å². The molecule has 4 fully saturated rings. The molecule has 168 valence electrons. The van der Waals surface area contributed by atoms with Gasteiger partial charge in [0.2, 0.25) is 0 Å². The van der Waals surface area contributed by atoms with E-state index >= 15 is 0 Å². The topological polar surface area (TPSA) is 0 Å². The third kappa shape index (κ3) is 3.75. The molecule has 0 aromatic rings. The molecule has 0 nitrogen and oxygen atoms in total. The summed E-state index contributed by atoms with van der Waals surface area (Å²) in [6.07, 6.45) is 19.8. The second-order valence-electron chi connectivity index (χ2n) is 13.1. The molecule has 2 unspecified atom stereocenters. The van der Waals surface area contributed by atoms with E-state index in [-0.39, 0.29) is 0 Å². The van der Waals surface area contributed by atoms with Crippen molar-refractivity contribution < 1.29 is 0 Å². The molecule has 0 aromatic heterocycles. The molecule has 0 amide bonds. The van der Waals surface area contributed by atoms with Gasteiger partial charge in [0.1, 0.15) is 0 Å². The molecular formula is C29H52. The summed E-state index contributed by atoms with van der Waals surface area (Å²) >= 11 is 0. The first-order valence-electron chi connectivity index (χ1n) is 13.8. The van der Waals surface area contributed by atoms with Gasteiger partial charge in [-0.05, 0) is 116 Å². The minimum atomic E-state index is 0.665. The fourth-order valence-electron chi connectivity index (χ4n) is 9.96. The smallest absolute Gasteiger partial charge is 0.0264 e. The van der Waals surface area contributed by atoms with Crippen molar-refractivity contribution in [2.24, 2.45) is 58.2 Å². The number of hydrogen-bond acceptors (Lipinski definition) is 0. The van der Waals surface area contributed by atoms with Crippen molar-refractivity contribution in [3.8, 4) is 0 Å². The monoisotopic (exact) mass is 400 g/mol. The molecule has 0 aliphatic heterocycles. The molecular weight excluding hydrogens is 348 g/mol. The zero-order valence-corrected chi connectivity index (χ0v) is 20.8. The van der Waals surface area contributed by atoms with Crippen LogP contribution in [0.15, 0.2) is 0 Å². The lowest BCUT2D eigenvalue weighted by Gasteiger charge is -2.61.